The summed E-state index contributed by atoms with van der Waals surface area (Å²) in [6, 6.07) is 6.06. The Kier molecular flexibility index (Phi) is 6.15. The number of aromatic nitrogens is 2. The molecule has 2 aliphatic rings. The summed E-state index contributed by atoms with van der Waals surface area (Å²) in [4.78, 5) is 29.4. The van der Waals surface area contributed by atoms with Crippen molar-refractivity contribution in [3.8, 4) is 11.3 Å². The molecule has 7 nitrogen and oxygen atoms in total. The molecule has 0 saturated carbocycles. The Hall–Kier alpha value is -3.00. The van der Waals surface area contributed by atoms with Crippen molar-refractivity contribution >= 4 is 11.9 Å². The molecule has 1 aromatic heterocycles. The minimum Gasteiger partial charge on any atom is -0.323 e. The van der Waals surface area contributed by atoms with Crippen molar-refractivity contribution in [2.24, 2.45) is 5.92 Å². The van der Waals surface area contributed by atoms with E-state index in [1.807, 2.05) is 20.0 Å². The first kappa shape index (κ1) is 22.2. The summed E-state index contributed by atoms with van der Waals surface area (Å²) < 4.78 is 13.3. The van der Waals surface area contributed by atoms with Gasteiger partial charge in [-0.1, -0.05) is 19.1 Å². The summed E-state index contributed by atoms with van der Waals surface area (Å²) in [5.74, 6) is -0.298. The van der Waals surface area contributed by atoms with Gasteiger partial charge >= 0.3 is 6.03 Å². The van der Waals surface area contributed by atoms with E-state index in [4.69, 9.17) is 0 Å². The van der Waals surface area contributed by atoms with E-state index in [1.165, 1.54) is 17.0 Å². The van der Waals surface area contributed by atoms with Gasteiger partial charge in [0.1, 0.15) is 11.4 Å². The third-order valence-corrected chi connectivity index (χ3v) is 6.72. The zero-order valence-electron chi connectivity index (χ0n) is 18.7. The SMILES string of the molecule is C=C(C)CN1C(=O)N[C@](CC)(C2CCN(Cc3cn[nH]c3-c3ccc(F)cc3)CC2)C1=O. The number of aromatic amines is 1. The van der Waals surface area contributed by atoms with E-state index in [9.17, 15) is 14.0 Å². The molecule has 1 atom stereocenters. The molecule has 0 spiro atoms. The van der Waals surface area contributed by atoms with Crippen LogP contribution in [-0.2, 0) is 11.3 Å². The molecular weight excluding hydrogens is 409 g/mol. The fourth-order valence-electron chi connectivity index (χ4n) is 4.99. The van der Waals surface area contributed by atoms with Crippen LogP contribution in [0.4, 0.5) is 9.18 Å². The maximum absolute atomic E-state index is 13.3. The van der Waals surface area contributed by atoms with Crippen LogP contribution in [-0.4, -0.2) is 57.1 Å². The highest BCUT2D eigenvalue weighted by molar-refractivity contribution is 6.07. The largest absolute Gasteiger partial charge is 0.325 e. The molecule has 170 valence electrons. The number of H-pyrrole nitrogens is 1. The van der Waals surface area contributed by atoms with E-state index in [2.05, 4.69) is 27.0 Å². The number of likely N-dealkylation sites (tertiary alicyclic amines) is 1. The lowest BCUT2D eigenvalue weighted by molar-refractivity contribution is -0.134. The van der Waals surface area contributed by atoms with Crippen LogP contribution >= 0.6 is 0 Å². The third kappa shape index (κ3) is 4.07. The van der Waals surface area contributed by atoms with Gasteiger partial charge in [0.2, 0.25) is 0 Å². The van der Waals surface area contributed by atoms with Crippen LogP contribution in [0.5, 0.6) is 0 Å². The molecule has 4 rings (SSSR count). The van der Waals surface area contributed by atoms with Crippen molar-refractivity contribution in [1.82, 2.24) is 25.3 Å². The van der Waals surface area contributed by atoms with Gasteiger partial charge in [-0.25, -0.2) is 9.18 Å². The predicted molar refractivity (Wildman–Crippen MR) is 120 cm³/mol. The fraction of sp³-hybridized carbons (Fsp3) is 0.458. The van der Waals surface area contributed by atoms with E-state index in [0.717, 1.165) is 54.9 Å². The Morgan fingerprint density at radius 3 is 2.56 bits per heavy atom. The van der Waals surface area contributed by atoms with Gasteiger partial charge in [0.15, 0.2) is 0 Å². The Labute approximate surface area is 187 Å². The summed E-state index contributed by atoms with van der Waals surface area (Å²) >= 11 is 0. The van der Waals surface area contributed by atoms with E-state index in [0.29, 0.717) is 6.42 Å². The molecule has 0 unspecified atom stereocenters. The average molecular weight is 440 g/mol. The van der Waals surface area contributed by atoms with Gasteiger partial charge in [-0.15, -0.1) is 0 Å². The first-order valence-electron chi connectivity index (χ1n) is 11.1. The van der Waals surface area contributed by atoms with Gasteiger partial charge in [0.05, 0.1) is 18.4 Å². The number of hydrogen-bond donors (Lipinski definition) is 2. The number of piperidine rings is 1. The highest BCUT2D eigenvalue weighted by atomic mass is 19.1. The molecule has 0 bridgehead atoms. The van der Waals surface area contributed by atoms with Gasteiger partial charge in [-0.05, 0) is 69.5 Å². The summed E-state index contributed by atoms with van der Waals surface area (Å²) in [7, 11) is 0. The maximum Gasteiger partial charge on any atom is 0.325 e. The number of urea groups is 1. The Bertz CT molecular complexity index is 1010. The van der Waals surface area contributed by atoms with Crippen LogP contribution in [0.3, 0.4) is 0 Å². The zero-order valence-corrected chi connectivity index (χ0v) is 18.7. The molecule has 0 aliphatic carbocycles. The van der Waals surface area contributed by atoms with E-state index in [1.54, 1.807) is 12.1 Å². The summed E-state index contributed by atoms with van der Waals surface area (Å²) in [5, 5.41) is 10.2. The van der Waals surface area contributed by atoms with Crippen molar-refractivity contribution < 1.29 is 14.0 Å². The second-order valence-corrected chi connectivity index (χ2v) is 8.93. The quantitative estimate of drug-likeness (QED) is 0.509. The zero-order chi connectivity index (χ0) is 22.9. The van der Waals surface area contributed by atoms with Crippen LogP contribution in [0.1, 0.15) is 38.7 Å². The van der Waals surface area contributed by atoms with E-state index >= 15 is 0 Å². The molecule has 1 aromatic carbocycles. The number of carbonyl (C=O) groups excluding carboxylic acids is 2. The first-order chi connectivity index (χ1) is 15.3. The normalized spacial score (nSPS) is 22.4. The molecule has 2 saturated heterocycles. The lowest BCUT2D eigenvalue weighted by atomic mass is 9.75. The van der Waals surface area contributed by atoms with Gasteiger partial charge < -0.3 is 5.32 Å². The van der Waals surface area contributed by atoms with Crippen molar-refractivity contribution in [2.45, 2.75) is 45.2 Å². The van der Waals surface area contributed by atoms with E-state index in [-0.39, 0.29) is 30.2 Å². The number of benzene rings is 1. The molecule has 3 heterocycles. The number of halogens is 1. The van der Waals surface area contributed by atoms with Crippen molar-refractivity contribution in [3.05, 3.63) is 54.0 Å². The molecular formula is C24H30FN5O2. The summed E-state index contributed by atoms with van der Waals surface area (Å²) in [5.41, 5.74) is 2.81. The summed E-state index contributed by atoms with van der Waals surface area (Å²) in [6.07, 6.45) is 4.04. The van der Waals surface area contributed by atoms with Gasteiger partial charge in [-0.3, -0.25) is 19.7 Å². The van der Waals surface area contributed by atoms with Gasteiger partial charge in [-0.2, -0.15) is 5.10 Å². The van der Waals surface area contributed by atoms with Crippen LogP contribution < -0.4 is 5.32 Å². The van der Waals surface area contributed by atoms with Crippen LogP contribution in [0, 0.1) is 11.7 Å². The van der Waals surface area contributed by atoms with Gasteiger partial charge in [0, 0.05) is 17.7 Å². The van der Waals surface area contributed by atoms with Crippen LogP contribution in [0.2, 0.25) is 0 Å². The molecule has 2 aromatic rings. The fourth-order valence-corrected chi connectivity index (χ4v) is 4.99. The molecule has 2 N–H and O–H groups in total. The maximum atomic E-state index is 13.3. The number of nitrogens with one attached hydrogen (secondary N) is 2. The molecule has 0 radical (unpaired) electrons. The summed E-state index contributed by atoms with van der Waals surface area (Å²) in [6.45, 7) is 10.3. The molecule has 32 heavy (non-hydrogen) atoms. The van der Waals surface area contributed by atoms with Crippen LogP contribution in [0.25, 0.3) is 11.3 Å². The molecule has 2 aliphatic heterocycles. The third-order valence-electron chi connectivity index (χ3n) is 6.72. The highest BCUT2D eigenvalue weighted by Gasteiger charge is 2.54. The number of nitrogens with zero attached hydrogens (tertiary/aromatic N) is 3. The number of imide groups is 1. The number of rotatable bonds is 7. The van der Waals surface area contributed by atoms with Crippen molar-refractivity contribution in [2.75, 3.05) is 19.6 Å². The Balaban J connectivity index is 1.42. The van der Waals surface area contributed by atoms with E-state index < -0.39 is 5.54 Å². The highest BCUT2D eigenvalue weighted by Crippen LogP contribution is 2.37. The molecule has 8 heteroatoms. The number of hydrogen-bond acceptors (Lipinski definition) is 4. The number of carbonyl (C=O) groups is 2. The lowest BCUT2D eigenvalue weighted by Crippen LogP contribution is -2.55. The minimum absolute atomic E-state index is 0.0937. The average Bonchev–Trinajstić information content (AvgIpc) is 3.33. The van der Waals surface area contributed by atoms with Gasteiger partial charge in [0.25, 0.3) is 5.91 Å². The molecule has 2 fully saturated rings. The monoisotopic (exact) mass is 439 g/mol. The Morgan fingerprint density at radius 2 is 1.94 bits per heavy atom. The number of amides is 3. The van der Waals surface area contributed by atoms with Crippen molar-refractivity contribution in [1.29, 1.82) is 0 Å². The second-order valence-electron chi connectivity index (χ2n) is 8.93. The lowest BCUT2D eigenvalue weighted by Gasteiger charge is -2.40. The Morgan fingerprint density at radius 1 is 1.25 bits per heavy atom. The van der Waals surface area contributed by atoms with Crippen molar-refractivity contribution in [3.63, 3.8) is 0 Å². The molecule has 3 amide bonds. The first-order valence-corrected chi connectivity index (χ1v) is 11.1. The predicted octanol–water partition coefficient (Wildman–Crippen LogP) is 3.70. The second kappa shape index (κ2) is 8.86. The minimum atomic E-state index is -0.826. The van der Waals surface area contributed by atoms with Crippen LogP contribution in [0.15, 0.2) is 42.6 Å². The standard InChI is InChI=1S/C24H30FN5O2/c1-4-24(22(31)30(14-16(2)3)23(32)27-24)19-9-11-29(12-10-19)15-18-13-26-28-21(18)17-5-7-20(25)8-6-17/h5-8,13,19H,2,4,9-12,14-15H2,1,3H3,(H,26,28)(H,27,32)/t24-/m1/s1. The smallest absolute Gasteiger partial charge is 0.323 e. The topological polar surface area (TPSA) is 81.3 Å².